The van der Waals surface area contributed by atoms with E-state index >= 15 is 0 Å². The van der Waals surface area contributed by atoms with Crippen LogP contribution >= 0.6 is 0 Å². The molecule has 114 valence electrons. The van der Waals surface area contributed by atoms with Gasteiger partial charge < -0.3 is 5.11 Å². The smallest absolute Gasteiger partial charge is 0.306 e. The lowest BCUT2D eigenvalue weighted by Gasteiger charge is -2.37. The van der Waals surface area contributed by atoms with Crippen LogP contribution in [-0.2, 0) is 4.79 Å². The second kappa shape index (κ2) is 6.75. The van der Waals surface area contributed by atoms with E-state index in [9.17, 15) is 9.90 Å². The van der Waals surface area contributed by atoms with Gasteiger partial charge in [-0.2, -0.15) is 0 Å². The zero-order valence-electron chi connectivity index (χ0n) is 12.6. The molecule has 0 unspecified atom stereocenters. The Morgan fingerprint density at radius 2 is 1.36 bits per heavy atom. The van der Waals surface area contributed by atoms with Crippen molar-refractivity contribution in [3.8, 4) is 0 Å². The van der Waals surface area contributed by atoms with Gasteiger partial charge in [-0.15, -0.1) is 0 Å². The van der Waals surface area contributed by atoms with Crippen LogP contribution in [0, 0.1) is 5.92 Å². The number of likely N-dealkylation sites (tertiary alicyclic amines) is 1. The molecule has 0 amide bonds. The van der Waals surface area contributed by atoms with Gasteiger partial charge in [-0.3, -0.25) is 9.69 Å². The van der Waals surface area contributed by atoms with E-state index in [-0.39, 0.29) is 12.0 Å². The summed E-state index contributed by atoms with van der Waals surface area (Å²) < 4.78 is 0. The SMILES string of the molecule is O=C(O)C1CCN(C(c2ccccc2)c2ccccc2)CC1. The van der Waals surface area contributed by atoms with Crippen molar-refractivity contribution in [2.24, 2.45) is 5.92 Å². The number of hydrogen-bond acceptors (Lipinski definition) is 2. The van der Waals surface area contributed by atoms with Gasteiger partial charge in [-0.05, 0) is 37.1 Å². The lowest BCUT2D eigenvalue weighted by molar-refractivity contribution is -0.143. The molecular formula is C19H21NO2. The third-order valence-corrected chi connectivity index (χ3v) is 4.47. The zero-order chi connectivity index (χ0) is 15.4. The molecule has 0 aliphatic carbocycles. The molecule has 0 radical (unpaired) electrons. The fourth-order valence-electron chi connectivity index (χ4n) is 3.29. The Morgan fingerprint density at radius 3 is 1.77 bits per heavy atom. The normalized spacial score (nSPS) is 16.8. The van der Waals surface area contributed by atoms with Crippen molar-refractivity contribution in [2.75, 3.05) is 13.1 Å². The van der Waals surface area contributed by atoms with E-state index in [2.05, 4.69) is 53.4 Å². The molecule has 1 aliphatic rings. The molecule has 3 nitrogen and oxygen atoms in total. The van der Waals surface area contributed by atoms with Gasteiger partial charge in [0, 0.05) is 0 Å². The van der Waals surface area contributed by atoms with E-state index in [1.807, 2.05) is 12.1 Å². The third-order valence-electron chi connectivity index (χ3n) is 4.47. The summed E-state index contributed by atoms with van der Waals surface area (Å²) in [6.45, 7) is 1.65. The molecule has 1 aliphatic heterocycles. The number of carbonyl (C=O) groups is 1. The molecule has 3 heteroatoms. The first-order chi connectivity index (χ1) is 10.8. The summed E-state index contributed by atoms with van der Waals surface area (Å²) in [4.78, 5) is 13.6. The van der Waals surface area contributed by atoms with Crippen LogP contribution in [-0.4, -0.2) is 29.1 Å². The monoisotopic (exact) mass is 295 g/mol. The van der Waals surface area contributed by atoms with Crippen LogP contribution in [0.25, 0.3) is 0 Å². The third kappa shape index (κ3) is 3.20. The van der Waals surface area contributed by atoms with Gasteiger partial charge in [0.15, 0.2) is 0 Å². The van der Waals surface area contributed by atoms with E-state index in [1.165, 1.54) is 11.1 Å². The van der Waals surface area contributed by atoms with Crippen LogP contribution in [0.2, 0.25) is 0 Å². The number of piperidine rings is 1. The van der Waals surface area contributed by atoms with Gasteiger partial charge in [0.1, 0.15) is 0 Å². The first kappa shape index (κ1) is 14.8. The summed E-state index contributed by atoms with van der Waals surface area (Å²) >= 11 is 0. The maximum atomic E-state index is 11.2. The van der Waals surface area contributed by atoms with E-state index in [0.717, 1.165) is 25.9 Å². The van der Waals surface area contributed by atoms with Crippen LogP contribution in [0.3, 0.4) is 0 Å². The largest absolute Gasteiger partial charge is 0.481 e. The van der Waals surface area contributed by atoms with Crippen LogP contribution in [0.15, 0.2) is 60.7 Å². The molecule has 3 rings (SSSR count). The number of hydrogen-bond donors (Lipinski definition) is 1. The first-order valence-electron chi connectivity index (χ1n) is 7.82. The molecule has 1 N–H and O–H groups in total. The van der Waals surface area contributed by atoms with E-state index in [1.54, 1.807) is 0 Å². The van der Waals surface area contributed by atoms with Crippen molar-refractivity contribution >= 4 is 5.97 Å². The molecule has 1 saturated heterocycles. The molecule has 22 heavy (non-hydrogen) atoms. The Labute approximate surface area is 131 Å². The Kier molecular flexibility index (Phi) is 4.54. The number of nitrogens with zero attached hydrogens (tertiary/aromatic N) is 1. The molecule has 1 heterocycles. The number of rotatable bonds is 4. The van der Waals surface area contributed by atoms with Gasteiger partial charge in [0.2, 0.25) is 0 Å². The Morgan fingerprint density at radius 1 is 0.909 bits per heavy atom. The molecule has 0 spiro atoms. The van der Waals surface area contributed by atoms with Gasteiger partial charge in [-0.1, -0.05) is 60.7 Å². The number of aliphatic carboxylic acids is 1. The van der Waals surface area contributed by atoms with E-state index in [4.69, 9.17) is 0 Å². The highest BCUT2D eigenvalue weighted by Gasteiger charge is 2.29. The summed E-state index contributed by atoms with van der Waals surface area (Å²) in [6, 6.07) is 21.1. The second-order valence-electron chi connectivity index (χ2n) is 5.87. The minimum Gasteiger partial charge on any atom is -0.481 e. The molecular weight excluding hydrogens is 274 g/mol. The Bertz CT molecular complexity index is 564. The lowest BCUT2D eigenvalue weighted by Crippen LogP contribution is -2.39. The van der Waals surface area contributed by atoms with Gasteiger partial charge >= 0.3 is 5.97 Å². The number of carboxylic acids is 1. The Hall–Kier alpha value is -2.13. The maximum absolute atomic E-state index is 11.2. The maximum Gasteiger partial charge on any atom is 0.306 e. The summed E-state index contributed by atoms with van der Waals surface area (Å²) in [5, 5.41) is 9.18. The average Bonchev–Trinajstić information content (AvgIpc) is 2.57. The fourth-order valence-corrected chi connectivity index (χ4v) is 3.29. The molecule has 0 aromatic heterocycles. The van der Waals surface area contributed by atoms with Crippen LogP contribution in [0.4, 0.5) is 0 Å². The minimum absolute atomic E-state index is 0.191. The fraction of sp³-hybridized carbons (Fsp3) is 0.316. The molecule has 1 fully saturated rings. The van der Waals surface area contributed by atoms with Gasteiger partial charge in [-0.25, -0.2) is 0 Å². The molecule has 2 aromatic rings. The Balaban J connectivity index is 1.86. The highest BCUT2D eigenvalue weighted by Crippen LogP contribution is 2.32. The predicted molar refractivity (Wildman–Crippen MR) is 86.7 cm³/mol. The summed E-state index contributed by atoms with van der Waals surface area (Å²) in [7, 11) is 0. The first-order valence-corrected chi connectivity index (χ1v) is 7.82. The van der Waals surface area contributed by atoms with Crippen molar-refractivity contribution < 1.29 is 9.90 Å². The van der Waals surface area contributed by atoms with Crippen molar-refractivity contribution in [3.63, 3.8) is 0 Å². The van der Waals surface area contributed by atoms with Gasteiger partial charge in [0.05, 0.1) is 12.0 Å². The molecule has 0 saturated carbocycles. The van der Waals surface area contributed by atoms with E-state index in [0.29, 0.717) is 0 Å². The minimum atomic E-state index is -0.657. The number of carboxylic acid groups (broad SMARTS) is 1. The summed E-state index contributed by atoms with van der Waals surface area (Å²) in [5.74, 6) is -0.848. The summed E-state index contributed by atoms with van der Waals surface area (Å²) in [6.07, 6.45) is 1.46. The quantitative estimate of drug-likeness (QED) is 0.937. The van der Waals surface area contributed by atoms with Crippen LogP contribution in [0.5, 0.6) is 0 Å². The van der Waals surface area contributed by atoms with Crippen LogP contribution in [0.1, 0.15) is 30.0 Å². The van der Waals surface area contributed by atoms with Crippen molar-refractivity contribution in [1.82, 2.24) is 4.90 Å². The highest BCUT2D eigenvalue weighted by molar-refractivity contribution is 5.70. The highest BCUT2D eigenvalue weighted by atomic mass is 16.4. The van der Waals surface area contributed by atoms with Gasteiger partial charge in [0.25, 0.3) is 0 Å². The molecule has 2 aromatic carbocycles. The topological polar surface area (TPSA) is 40.5 Å². The second-order valence-corrected chi connectivity index (χ2v) is 5.87. The van der Waals surface area contributed by atoms with E-state index < -0.39 is 5.97 Å². The zero-order valence-corrected chi connectivity index (χ0v) is 12.6. The molecule has 0 bridgehead atoms. The molecule has 0 atom stereocenters. The van der Waals surface area contributed by atoms with Crippen LogP contribution < -0.4 is 0 Å². The van der Waals surface area contributed by atoms with Crippen molar-refractivity contribution in [1.29, 1.82) is 0 Å². The average molecular weight is 295 g/mol. The predicted octanol–water partition coefficient (Wildman–Crippen LogP) is 3.57. The standard InChI is InChI=1S/C19H21NO2/c21-19(22)17-11-13-20(14-12-17)18(15-7-3-1-4-8-15)16-9-5-2-6-10-16/h1-10,17-18H,11-14H2,(H,21,22). The number of benzene rings is 2. The van der Waals surface area contributed by atoms with Crippen molar-refractivity contribution in [2.45, 2.75) is 18.9 Å². The van der Waals surface area contributed by atoms with Crippen molar-refractivity contribution in [3.05, 3.63) is 71.8 Å². The summed E-state index contributed by atoms with van der Waals surface area (Å²) in [5.41, 5.74) is 2.53. The lowest BCUT2D eigenvalue weighted by atomic mass is 9.91.